The summed E-state index contributed by atoms with van der Waals surface area (Å²) in [5.74, 6) is 1.03. The number of rotatable bonds is 3. The average Bonchev–Trinajstić information content (AvgIpc) is 2.86. The molecule has 0 aromatic carbocycles. The number of hydrogen-bond donors (Lipinski definition) is 2. The van der Waals surface area contributed by atoms with Crippen LogP contribution in [0, 0.1) is 0 Å². The van der Waals surface area contributed by atoms with E-state index in [2.05, 4.69) is 46.4 Å². The van der Waals surface area contributed by atoms with E-state index in [9.17, 15) is 0 Å². The van der Waals surface area contributed by atoms with E-state index in [-0.39, 0.29) is 29.4 Å². The zero-order valence-corrected chi connectivity index (χ0v) is 15.5. The summed E-state index contributed by atoms with van der Waals surface area (Å²) in [6.45, 7) is 6.91. The van der Waals surface area contributed by atoms with Gasteiger partial charge >= 0.3 is 0 Å². The van der Waals surface area contributed by atoms with E-state index >= 15 is 0 Å². The number of anilines is 1. The SMILES string of the molecule is CC(C)(C)c1csc(CN=C(N)Nc2ccccn2)n1.I. The smallest absolute Gasteiger partial charge is 0.194 e. The minimum atomic E-state index is 0. The largest absolute Gasteiger partial charge is 0.370 e. The highest BCUT2D eigenvalue weighted by Crippen LogP contribution is 2.24. The fraction of sp³-hybridized carbons (Fsp3) is 0.357. The monoisotopic (exact) mass is 417 g/mol. The second-order valence-corrected chi connectivity index (χ2v) is 6.36. The van der Waals surface area contributed by atoms with E-state index in [4.69, 9.17) is 5.73 Å². The second kappa shape index (κ2) is 7.69. The van der Waals surface area contributed by atoms with Crippen molar-refractivity contribution in [2.75, 3.05) is 5.32 Å². The van der Waals surface area contributed by atoms with Crippen LogP contribution in [-0.4, -0.2) is 15.9 Å². The number of pyridine rings is 1. The molecule has 0 bridgehead atoms. The lowest BCUT2D eigenvalue weighted by Gasteiger charge is -2.14. The Hall–Kier alpha value is -1.22. The normalized spacial score (nSPS) is 11.9. The Morgan fingerprint density at radius 1 is 1.38 bits per heavy atom. The van der Waals surface area contributed by atoms with Crippen molar-refractivity contribution in [1.29, 1.82) is 0 Å². The number of nitrogens with zero attached hydrogens (tertiary/aromatic N) is 3. The van der Waals surface area contributed by atoms with E-state index < -0.39 is 0 Å². The van der Waals surface area contributed by atoms with Gasteiger partial charge in [-0.05, 0) is 12.1 Å². The molecule has 2 aromatic heterocycles. The van der Waals surface area contributed by atoms with E-state index in [0.717, 1.165) is 10.7 Å². The van der Waals surface area contributed by atoms with Gasteiger partial charge in [0.1, 0.15) is 10.8 Å². The predicted molar refractivity (Wildman–Crippen MR) is 99.4 cm³/mol. The topological polar surface area (TPSA) is 76.2 Å². The van der Waals surface area contributed by atoms with Crippen molar-refractivity contribution in [3.8, 4) is 0 Å². The van der Waals surface area contributed by atoms with E-state index in [1.807, 2.05) is 18.2 Å². The molecular formula is C14H20IN5S. The molecule has 3 N–H and O–H groups in total. The van der Waals surface area contributed by atoms with Crippen LogP contribution in [0.1, 0.15) is 31.5 Å². The molecule has 0 spiro atoms. The summed E-state index contributed by atoms with van der Waals surface area (Å²) in [6.07, 6.45) is 1.70. The van der Waals surface area contributed by atoms with Gasteiger partial charge < -0.3 is 11.1 Å². The van der Waals surface area contributed by atoms with Crippen molar-refractivity contribution in [2.45, 2.75) is 32.7 Å². The summed E-state index contributed by atoms with van der Waals surface area (Å²) >= 11 is 1.61. The van der Waals surface area contributed by atoms with Gasteiger partial charge in [0.25, 0.3) is 0 Å². The zero-order chi connectivity index (χ0) is 14.6. The molecule has 7 heteroatoms. The molecule has 0 amide bonds. The van der Waals surface area contributed by atoms with Crippen molar-refractivity contribution in [3.63, 3.8) is 0 Å². The maximum absolute atomic E-state index is 5.82. The Morgan fingerprint density at radius 2 is 2.14 bits per heavy atom. The third-order valence-electron chi connectivity index (χ3n) is 2.63. The van der Waals surface area contributed by atoms with Crippen LogP contribution in [0.3, 0.4) is 0 Å². The minimum Gasteiger partial charge on any atom is -0.370 e. The summed E-state index contributed by atoms with van der Waals surface area (Å²) < 4.78 is 0. The van der Waals surface area contributed by atoms with Gasteiger partial charge in [-0.15, -0.1) is 35.3 Å². The number of hydrogen-bond acceptors (Lipinski definition) is 4. The lowest BCUT2D eigenvalue weighted by atomic mass is 9.93. The van der Waals surface area contributed by atoms with Crippen molar-refractivity contribution >= 4 is 47.1 Å². The second-order valence-electron chi connectivity index (χ2n) is 5.42. The molecule has 2 rings (SSSR count). The van der Waals surface area contributed by atoms with E-state index in [1.165, 1.54) is 0 Å². The molecule has 5 nitrogen and oxygen atoms in total. The van der Waals surface area contributed by atoms with Gasteiger partial charge in [-0.2, -0.15) is 0 Å². The molecule has 2 heterocycles. The Balaban J connectivity index is 0.00000220. The van der Waals surface area contributed by atoms with Crippen LogP contribution in [0.15, 0.2) is 34.8 Å². The quantitative estimate of drug-likeness (QED) is 0.456. The number of guanidine groups is 1. The summed E-state index contributed by atoms with van der Waals surface area (Å²) in [5.41, 5.74) is 6.97. The molecule has 2 aromatic rings. The maximum Gasteiger partial charge on any atom is 0.194 e. The third kappa shape index (κ3) is 5.58. The molecular weight excluding hydrogens is 397 g/mol. The van der Waals surface area contributed by atoms with Gasteiger partial charge in [0.2, 0.25) is 0 Å². The highest BCUT2D eigenvalue weighted by molar-refractivity contribution is 14.0. The van der Waals surface area contributed by atoms with Crippen LogP contribution in [0.2, 0.25) is 0 Å². The first-order valence-corrected chi connectivity index (χ1v) is 7.26. The zero-order valence-electron chi connectivity index (χ0n) is 12.3. The molecule has 0 fully saturated rings. The van der Waals surface area contributed by atoms with Crippen molar-refractivity contribution in [2.24, 2.45) is 10.7 Å². The first kappa shape index (κ1) is 17.8. The average molecular weight is 417 g/mol. The lowest BCUT2D eigenvalue weighted by molar-refractivity contribution is 0.571. The molecule has 0 radical (unpaired) electrons. The summed E-state index contributed by atoms with van der Waals surface area (Å²) in [6, 6.07) is 5.57. The molecule has 0 unspecified atom stereocenters. The van der Waals surface area contributed by atoms with E-state index in [0.29, 0.717) is 18.3 Å². The van der Waals surface area contributed by atoms with Crippen LogP contribution in [0.5, 0.6) is 0 Å². The minimum absolute atomic E-state index is 0. The van der Waals surface area contributed by atoms with Crippen LogP contribution in [0.25, 0.3) is 0 Å². The molecule has 0 atom stereocenters. The molecule has 21 heavy (non-hydrogen) atoms. The molecule has 0 aliphatic heterocycles. The number of thiazole rings is 1. The van der Waals surface area contributed by atoms with Crippen LogP contribution in [0.4, 0.5) is 5.82 Å². The Bertz CT molecular complexity index is 589. The molecule has 0 saturated heterocycles. The number of halogens is 1. The molecule has 0 aliphatic rings. The Morgan fingerprint density at radius 3 is 2.71 bits per heavy atom. The van der Waals surface area contributed by atoms with Crippen LogP contribution in [-0.2, 0) is 12.0 Å². The van der Waals surface area contributed by atoms with Crippen molar-refractivity contribution in [3.05, 3.63) is 40.5 Å². The Labute approximate surface area is 146 Å². The predicted octanol–water partition coefficient (Wildman–Crippen LogP) is 3.38. The Kier molecular flexibility index (Phi) is 6.53. The third-order valence-corrected chi connectivity index (χ3v) is 3.46. The van der Waals surface area contributed by atoms with E-state index in [1.54, 1.807) is 17.5 Å². The van der Waals surface area contributed by atoms with Gasteiger partial charge in [-0.3, -0.25) is 0 Å². The number of aromatic nitrogens is 2. The first-order chi connectivity index (χ1) is 9.45. The maximum atomic E-state index is 5.82. The molecule has 0 aliphatic carbocycles. The van der Waals surface area contributed by atoms with Crippen LogP contribution >= 0.6 is 35.3 Å². The van der Waals surface area contributed by atoms with Gasteiger partial charge in [0.15, 0.2) is 5.96 Å². The standard InChI is InChI=1S/C14H19N5S.HI/c1-14(2,3)10-9-20-12(18-10)8-17-13(15)19-11-6-4-5-7-16-11;/h4-7,9H,8H2,1-3H3,(H3,15,16,17,19);1H. The van der Waals surface area contributed by atoms with Crippen LogP contribution < -0.4 is 11.1 Å². The fourth-order valence-electron chi connectivity index (χ4n) is 1.49. The summed E-state index contributed by atoms with van der Waals surface area (Å²) in [5, 5.41) is 5.98. The van der Waals surface area contributed by atoms with Gasteiger partial charge in [0, 0.05) is 17.0 Å². The van der Waals surface area contributed by atoms with Gasteiger partial charge in [0.05, 0.1) is 12.2 Å². The first-order valence-electron chi connectivity index (χ1n) is 6.38. The van der Waals surface area contributed by atoms with Gasteiger partial charge in [-0.1, -0.05) is 26.8 Å². The van der Waals surface area contributed by atoms with Crippen molar-refractivity contribution < 1.29 is 0 Å². The summed E-state index contributed by atoms with van der Waals surface area (Å²) in [7, 11) is 0. The molecule has 114 valence electrons. The highest BCUT2D eigenvalue weighted by atomic mass is 127. The number of nitrogens with one attached hydrogen (secondary N) is 1. The number of nitrogens with two attached hydrogens (primary N) is 1. The number of aliphatic imine (C=N–C) groups is 1. The fourth-order valence-corrected chi connectivity index (χ4v) is 2.43. The van der Waals surface area contributed by atoms with Crippen molar-refractivity contribution in [1.82, 2.24) is 9.97 Å². The van der Waals surface area contributed by atoms with Gasteiger partial charge in [-0.25, -0.2) is 15.0 Å². The summed E-state index contributed by atoms with van der Waals surface area (Å²) in [4.78, 5) is 13.0. The highest BCUT2D eigenvalue weighted by Gasteiger charge is 2.17. The lowest BCUT2D eigenvalue weighted by Crippen LogP contribution is -2.23. The molecule has 0 saturated carbocycles.